The van der Waals surface area contributed by atoms with Gasteiger partial charge in [0, 0.05) is 23.3 Å². The van der Waals surface area contributed by atoms with Crippen molar-refractivity contribution in [2.24, 2.45) is 0 Å². The Morgan fingerprint density at radius 3 is 2.71 bits per heavy atom. The zero-order valence-electron chi connectivity index (χ0n) is 11.2. The van der Waals surface area contributed by atoms with Crippen molar-refractivity contribution < 1.29 is 14.6 Å². The number of carbonyl (C=O) groups is 1. The molecular formula is C15H14ClNO4. The molecule has 5 nitrogen and oxygen atoms in total. The number of aliphatic carboxylic acids is 1. The van der Waals surface area contributed by atoms with Gasteiger partial charge in [0.05, 0.1) is 6.42 Å². The fourth-order valence-electron chi connectivity index (χ4n) is 1.79. The first-order valence-electron chi connectivity index (χ1n) is 6.35. The highest BCUT2D eigenvalue weighted by Crippen LogP contribution is 2.16. The Balaban J connectivity index is 2.10. The number of hydrogen-bond donors (Lipinski definition) is 1. The highest BCUT2D eigenvalue weighted by Gasteiger charge is 2.07. The average molecular weight is 308 g/mol. The predicted molar refractivity (Wildman–Crippen MR) is 78.7 cm³/mol. The molecule has 0 amide bonds. The highest BCUT2D eigenvalue weighted by molar-refractivity contribution is 6.31. The maximum absolute atomic E-state index is 12.1. The van der Waals surface area contributed by atoms with Gasteiger partial charge in [-0.1, -0.05) is 29.8 Å². The summed E-state index contributed by atoms with van der Waals surface area (Å²) in [5, 5.41) is 9.23. The van der Waals surface area contributed by atoms with Crippen LogP contribution in [-0.2, 0) is 17.9 Å². The summed E-state index contributed by atoms with van der Waals surface area (Å²) >= 11 is 6.02. The first-order valence-corrected chi connectivity index (χ1v) is 6.73. The molecule has 110 valence electrons. The highest BCUT2D eigenvalue weighted by atomic mass is 35.5. The standard InChI is InChI=1S/C15H14ClNO4/c16-12-5-2-1-4-11(12)10-21-13-6-3-8-17(15(13)20)9-7-14(18)19/h1-6,8H,7,9-10H2,(H,18,19). The van der Waals surface area contributed by atoms with Crippen molar-refractivity contribution >= 4 is 17.6 Å². The van der Waals surface area contributed by atoms with Crippen LogP contribution < -0.4 is 10.3 Å². The summed E-state index contributed by atoms with van der Waals surface area (Å²) in [6, 6.07) is 10.4. The van der Waals surface area contributed by atoms with Gasteiger partial charge in [-0.25, -0.2) is 0 Å². The number of benzene rings is 1. The summed E-state index contributed by atoms with van der Waals surface area (Å²) in [5.74, 6) is -0.785. The van der Waals surface area contributed by atoms with E-state index in [0.717, 1.165) is 5.56 Å². The number of pyridine rings is 1. The number of aryl methyl sites for hydroxylation is 1. The molecule has 6 heteroatoms. The molecule has 1 heterocycles. The van der Waals surface area contributed by atoms with E-state index in [9.17, 15) is 9.59 Å². The van der Waals surface area contributed by atoms with Crippen LogP contribution in [0.15, 0.2) is 47.4 Å². The number of rotatable bonds is 6. The van der Waals surface area contributed by atoms with Crippen LogP contribution in [-0.4, -0.2) is 15.6 Å². The molecule has 0 saturated carbocycles. The Morgan fingerprint density at radius 2 is 2.00 bits per heavy atom. The smallest absolute Gasteiger partial charge is 0.305 e. The Hall–Kier alpha value is -2.27. The van der Waals surface area contributed by atoms with Gasteiger partial charge in [0.25, 0.3) is 5.56 Å². The van der Waals surface area contributed by atoms with Crippen molar-refractivity contribution in [3.05, 3.63) is 63.5 Å². The van der Waals surface area contributed by atoms with E-state index >= 15 is 0 Å². The molecule has 0 saturated heterocycles. The maximum Gasteiger partial charge on any atom is 0.305 e. The van der Waals surface area contributed by atoms with Gasteiger partial charge < -0.3 is 14.4 Å². The number of halogens is 1. The monoisotopic (exact) mass is 307 g/mol. The third-order valence-electron chi connectivity index (χ3n) is 2.89. The molecule has 1 aromatic carbocycles. The fraction of sp³-hybridized carbons (Fsp3) is 0.200. The number of carboxylic acid groups (broad SMARTS) is 1. The summed E-state index contributed by atoms with van der Waals surface area (Å²) in [6.07, 6.45) is 1.42. The van der Waals surface area contributed by atoms with Crippen LogP contribution in [0.4, 0.5) is 0 Å². The van der Waals surface area contributed by atoms with Gasteiger partial charge in [-0.05, 0) is 18.2 Å². The number of ether oxygens (including phenoxy) is 1. The van der Waals surface area contributed by atoms with Crippen molar-refractivity contribution in [2.45, 2.75) is 19.6 Å². The molecule has 0 bridgehead atoms. The molecule has 1 N–H and O–H groups in total. The van der Waals surface area contributed by atoms with E-state index in [1.807, 2.05) is 18.2 Å². The molecule has 0 atom stereocenters. The predicted octanol–water partition coefficient (Wildman–Crippen LogP) is 2.56. The molecule has 21 heavy (non-hydrogen) atoms. The molecule has 0 aliphatic carbocycles. The first kappa shape index (κ1) is 15.1. The molecule has 2 aromatic rings. The minimum Gasteiger partial charge on any atom is -0.483 e. The van der Waals surface area contributed by atoms with Crippen molar-refractivity contribution in [3.63, 3.8) is 0 Å². The van der Waals surface area contributed by atoms with Crippen molar-refractivity contribution in [2.75, 3.05) is 0 Å². The Labute approximate surface area is 126 Å². The van der Waals surface area contributed by atoms with Gasteiger partial charge >= 0.3 is 5.97 Å². The van der Waals surface area contributed by atoms with Crippen LogP contribution in [0.3, 0.4) is 0 Å². The Bertz CT molecular complexity index is 696. The van der Waals surface area contributed by atoms with Crippen LogP contribution in [0, 0.1) is 0 Å². The SMILES string of the molecule is O=C(O)CCn1cccc(OCc2ccccc2Cl)c1=O. The molecule has 0 aliphatic rings. The number of carboxylic acids is 1. The summed E-state index contributed by atoms with van der Waals surface area (Å²) in [4.78, 5) is 22.7. The number of hydrogen-bond acceptors (Lipinski definition) is 3. The van der Waals surface area contributed by atoms with E-state index in [1.54, 1.807) is 18.2 Å². The molecular weight excluding hydrogens is 294 g/mol. The van der Waals surface area contributed by atoms with Crippen LogP contribution in [0.25, 0.3) is 0 Å². The van der Waals surface area contributed by atoms with E-state index in [0.29, 0.717) is 5.02 Å². The molecule has 0 unspecified atom stereocenters. The van der Waals surface area contributed by atoms with Crippen LogP contribution in [0.1, 0.15) is 12.0 Å². The lowest BCUT2D eigenvalue weighted by Crippen LogP contribution is -2.22. The van der Waals surface area contributed by atoms with E-state index in [-0.39, 0.29) is 30.9 Å². The Morgan fingerprint density at radius 1 is 1.24 bits per heavy atom. The van der Waals surface area contributed by atoms with Crippen LogP contribution in [0.5, 0.6) is 5.75 Å². The maximum atomic E-state index is 12.1. The summed E-state index contributed by atoms with van der Waals surface area (Å²) in [7, 11) is 0. The fourth-order valence-corrected chi connectivity index (χ4v) is 1.98. The lowest BCUT2D eigenvalue weighted by Gasteiger charge is -2.09. The van der Waals surface area contributed by atoms with Gasteiger partial charge in [-0.3, -0.25) is 9.59 Å². The van der Waals surface area contributed by atoms with Gasteiger partial charge in [-0.15, -0.1) is 0 Å². The molecule has 0 spiro atoms. The lowest BCUT2D eigenvalue weighted by molar-refractivity contribution is -0.137. The van der Waals surface area contributed by atoms with E-state index in [1.165, 1.54) is 10.8 Å². The van der Waals surface area contributed by atoms with E-state index in [2.05, 4.69) is 0 Å². The van der Waals surface area contributed by atoms with Crippen molar-refractivity contribution in [1.29, 1.82) is 0 Å². The topological polar surface area (TPSA) is 68.5 Å². The number of nitrogens with zero attached hydrogens (tertiary/aromatic N) is 1. The minimum absolute atomic E-state index is 0.109. The molecule has 2 rings (SSSR count). The summed E-state index contributed by atoms with van der Waals surface area (Å²) in [6.45, 7) is 0.287. The quantitative estimate of drug-likeness (QED) is 0.890. The van der Waals surface area contributed by atoms with E-state index < -0.39 is 5.97 Å². The second-order valence-corrected chi connectivity index (χ2v) is 4.80. The molecule has 0 aliphatic heterocycles. The van der Waals surface area contributed by atoms with Gasteiger partial charge in [-0.2, -0.15) is 0 Å². The average Bonchev–Trinajstić information content (AvgIpc) is 2.46. The van der Waals surface area contributed by atoms with Crippen molar-refractivity contribution in [1.82, 2.24) is 4.57 Å². The lowest BCUT2D eigenvalue weighted by atomic mass is 10.2. The molecule has 1 aromatic heterocycles. The van der Waals surface area contributed by atoms with Gasteiger partial charge in [0.1, 0.15) is 6.61 Å². The third kappa shape index (κ3) is 4.10. The third-order valence-corrected chi connectivity index (χ3v) is 3.26. The zero-order valence-corrected chi connectivity index (χ0v) is 11.9. The van der Waals surface area contributed by atoms with E-state index in [4.69, 9.17) is 21.4 Å². The zero-order chi connectivity index (χ0) is 15.2. The summed E-state index contributed by atoms with van der Waals surface area (Å²) < 4.78 is 6.80. The second kappa shape index (κ2) is 6.95. The van der Waals surface area contributed by atoms with Crippen LogP contribution >= 0.6 is 11.6 Å². The number of aromatic nitrogens is 1. The van der Waals surface area contributed by atoms with Crippen LogP contribution in [0.2, 0.25) is 5.02 Å². The van der Waals surface area contributed by atoms with Gasteiger partial charge in [0.2, 0.25) is 0 Å². The molecule has 0 radical (unpaired) electrons. The van der Waals surface area contributed by atoms with Gasteiger partial charge in [0.15, 0.2) is 5.75 Å². The molecule has 0 fully saturated rings. The summed E-state index contributed by atoms with van der Waals surface area (Å²) in [5.41, 5.74) is 0.422. The second-order valence-electron chi connectivity index (χ2n) is 4.39. The minimum atomic E-state index is -0.954. The normalized spacial score (nSPS) is 10.3. The Kier molecular flexibility index (Phi) is 5.00. The van der Waals surface area contributed by atoms with Crippen molar-refractivity contribution in [3.8, 4) is 5.75 Å². The largest absolute Gasteiger partial charge is 0.483 e. The first-order chi connectivity index (χ1) is 10.1.